The van der Waals surface area contributed by atoms with Crippen LogP contribution in [-0.2, 0) is 11.2 Å². The standard InChI is InChI=1S/C19H22N2O3/c1-2-3-12-24-17-11-7-10-16(14-17)19(23)21-20-18(22)13-15-8-5-4-6-9-15/h4-11,14H,2-3,12-13H2,1H3,(H,20,22)(H,21,23). The molecule has 126 valence electrons. The molecule has 0 bridgehead atoms. The number of benzene rings is 2. The Balaban J connectivity index is 1.83. The fraction of sp³-hybridized carbons (Fsp3) is 0.263. The molecule has 0 spiro atoms. The Labute approximate surface area is 142 Å². The first-order valence-electron chi connectivity index (χ1n) is 8.05. The van der Waals surface area contributed by atoms with Gasteiger partial charge in [0, 0.05) is 5.56 Å². The molecule has 0 aromatic heterocycles. The summed E-state index contributed by atoms with van der Waals surface area (Å²) in [6.45, 7) is 2.71. The molecule has 2 aromatic carbocycles. The lowest BCUT2D eigenvalue weighted by Crippen LogP contribution is -2.42. The van der Waals surface area contributed by atoms with E-state index in [0.29, 0.717) is 17.9 Å². The molecule has 0 atom stereocenters. The van der Waals surface area contributed by atoms with Gasteiger partial charge in [-0.15, -0.1) is 0 Å². The molecule has 0 unspecified atom stereocenters. The van der Waals surface area contributed by atoms with Gasteiger partial charge in [0.05, 0.1) is 13.0 Å². The van der Waals surface area contributed by atoms with Crippen LogP contribution in [-0.4, -0.2) is 18.4 Å². The summed E-state index contributed by atoms with van der Waals surface area (Å²) >= 11 is 0. The fourth-order valence-electron chi connectivity index (χ4n) is 2.09. The molecule has 2 N–H and O–H groups in total. The van der Waals surface area contributed by atoms with Gasteiger partial charge in [0.1, 0.15) is 5.75 Å². The lowest BCUT2D eigenvalue weighted by atomic mass is 10.1. The van der Waals surface area contributed by atoms with E-state index in [4.69, 9.17) is 4.74 Å². The van der Waals surface area contributed by atoms with Crippen LogP contribution in [0.5, 0.6) is 5.75 Å². The number of hydrazine groups is 1. The van der Waals surface area contributed by atoms with Crippen molar-refractivity contribution >= 4 is 11.8 Å². The Kier molecular flexibility index (Phi) is 6.83. The number of hydrogen-bond acceptors (Lipinski definition) is 3. The number of ether oxygens (including phenoxy) is 1. The van der Waals surface area contributed by atoms with Crippen molar-refractivity contribution in [3.05, 3.63) is 65.7 Å². The maximum absolute atomic E-state index is 12.1. The van der Waals surface area contributed by atoms with E-state index in [1.54, 1.807) is 24.3 Å². The molecule has 0 saturated carbocycles. The second kappa shape index (κ2) is 9.35. The highest BCUT2D eigenvalue weighted by Gasteiger charge is 2.09. The number of amides is 2. The maximum atomic E-state index is 12.1. The number of rotatable bonds is 7. The summed E-state index contributed by atoms with van der Waals surface area (Å²) in [5.41, 5.74) is 6.16. The first kappa shape index (κ1) is 17.5. The summed E-state index contributed by atoms with van der Waals surface area (Å²) in [5.74, 6) is -0.00559. The SMILES string of the molecule is CCCCOc1cccc(C(=O)NNC(=O)Cc2ccccc2)c1. The van der Waals surface area contributed by atoms with Gasteiger partial charge < -0.3 is 4.74 Å². The van der Waals surface area contributed by atoms with E-state index in [-0.39, 0.29) is 18.2 Å². The number of unbranched alkanes of at least 4 members (excludes halogenated alkanes) is 1. The number of nitrogens with one attached hydrogen (secondary N) is 2. The largest absolute Gasteiger partial charge is 0.494 e. The van der Waals surface area contributed by atoms with Crippen LogP contribution < -0.4 is 15.6 Å². The topological polar surface area (TPSA) is 67.4 Å². The van der Waals surface area contributed by atoms with E-state index in [2.05, 4.69) is 17.8 Å². The monoisotopic (exact) mass is 326 g/mol. The van der Waals surface area contributed by atoms with Crippen LogP contribution in [0.4, 0.5) is 0 Å². The second-order valence-corrected chi connectivity index (χ2v) is 5.39. The molecule has 0 radical (unpaired) electrons. The van der Waals surface area contributed by atoms with E-state index < -0.39 is 0 Å². The van der Waals surface area contributed by atoms with Gasteiger partial charge in [-0.3, -0.25) is 20.4 Å². The lowest BCUT2D eigenvalue weighted by molar-refractivity contribution is -0.121. The second-order valence-electron chi connectivity index (χ2n) is 5.39. The highest BCUT2D eigenvalue weighted by molar-refractivity contribution is 5.95. The Hall–Kier alpha value is -2.82. The van der Waals surface area contributed by atoms with Crippen LogP contribution in [0.25, 0.3) is 0 Å². The number of hydrogen-bond donors (Lipinski definition) is 2. The van der Waals surface area contributed by atoms with E-state index in [1.807, 2.05) is 30.3 Å². The van der Waals surface area contributed by atoms with E-state index in [1.165, 1.54) is 0 Å². The Morgan fingerprint density at radius 2 is 1.79 bits per heavy atom. The zero-order valence-electron chi connectivity index (χ0n) is 13.7. The molecule has 5 nitrogen and oxygen atoms in total. The molecular formula is C19H22N2O3. The van der Waals surface area contributed by atoms with E-state index >= 15 is 0 Å². The average Bonchev–Trinajstić information content (AvgIpc) is 2.61. The molecule has 2 amide bonds. The third-order valence-corrected chi connectivity index (χ3v) is 3.39. The molecule has 0 aliphatic carbocycles. The predicted octanol–water partition coefficient (Wildman–Crippen LogP) is 2.87. The zero-order chi connectivity index (χ0) is 17.2. The van der Waals surface area contributed by atoms with Crippen LogP contribution in [0, 0.1) is 0 Å². The molecular weight excluding hydrogens is 304 g/mol. The molecule has 0 aliphatic rings. The quantitative estimate of drug-likeness (QED) is 0.607. The summed E-state index contributed by atoms with van der Waals surface area (Å²) in [6, 6.07) is 16.2. The van der Waals surface area contributed by atoms with Crippen molar-refractivity contribution in [2.75, 3.05) is 6.61 Å². The predicted molar refractivity (Wildman–Crippen MR) is 92.6 cm³/mol. The summed E-state index contributed by atoms with van der Waals surface area (Å²) in [4.78, 5) is 23.9. The van der Waals surface area contributed by atoms with Crippen molar-refractivity contribution in [3.8, 4) is 5.75 Å². The van der Waals surface area contributed by atoms with Crippen LogP contribution in [0.2, 0.25) is 0 Å². The first-order chi connectivity index (χ1) is 11.7. The highest BCUT2D eigenvalue weighted by atomic mass is 16.5. The fourth-order valence-corrected chi connectivity index (χ4v) is 2.09. The van der Waals surface area contributed by atoms with Crippen LogP contribution in [0.15, 0.2) is 54.6 Å². The van der Waals surface area contributed by atoms with Crippen molar-refractivity contribution in [3.63, 3.8) is 0 Å². The van der Waals surface area contributed by atoms with Gasteiger partial charge in [0.25, 0.3) is 5.91 Å². The minimum atomic E-state index is -0.377. The van der Waals surface area contributed by atoms with Crippen LogP contribution in [0.3, 0.4) is 0 Å². The number of carbonyl (C=O) groups excluding carboxylic acids is 2. The molecule has 2 rings (SSSR count). The van der Waals surface area contributed by atoms with Gasteiger partial charge in [-0.25, -0.2) is 0 Å². The third-order valence-electron chi connectivity index (χ3n) is 3.39. The summed E-state index contributed by atoms with van der Waals surface area (Å²) in [7, 11) is 0. The molecule has 2 aromatic rings. The van der Waals surface area contributed by atoms with Crippen molar-refractivity contribution in [1.82, 2.24) is 10.9 Å². The molecule has 0 heterocycles. The van der Waals surface area contributed by atoms with E-state index in [0.717, 1.165) is 18.4 Å². The van der Waals surface area contributed by atoms with Gasteiger partial charge in [-0.1, -0.05) is 49.7 Å². The Morgan fingerprint density at radius 1 is 1.00 bits per heavy atom. The smallest absolute Gasteiger partial charge is 0.269 e. The Morgan fingerprint density at radius 3 is 2.54 bits per heavy atom. The molecule has 5 heteroatoms. The zero-order valence-corrected chi connectivity index (χ0v) is 13.7. The maximum Gasteiger partial charge on any atom is 0.269 e. The van der Waals surface area contributed by atoms with Crippen molar-refractivity contribution in [1.29, 1.82) is 0 Å². The van der Waals surface area contributed by atoms with Crippen molar-refractivity contribution < 1.29 is 14.3 Å². The molecule has 24 heavy (non-hydrogen) atoms. The number of carbonyl (C=O) groups is 2. The van der Waals surface area contributed by atoms with Crippen LogP contribution in [0.1, 0.15) is 35.7 Å². The average molecular weight is 326 g/mol. The van der Waals surface area contributed by atoms with Gasteiger partial charge in [0.2, 0.25) is 5.91 Å². The van der Waals surface area contributed by atoms with E-state index in [9.17, 15) is 9.59 Å². The normalized spacial score (nSPS) is 10.0. The van der Waals surface area contributed by atoms with Gasteiger partial charge in [-0.2, -0.15) is 0 Å². The summed E-state index contributed by atoms with van der Waals surface area (Å²) < 4.78 is 5.57. The first-order valence-corrected chi connectivity index (χ1v) is 8.05. The summed E-state index contributed by atoms with van der Waals surface area (Å²) in [5, 5.41) is 0. The third kappa shape index (κ3) is 5.76. The molecule has 0 fully saturated rings. The van der Waals surface area contributed by atoms with Crippen molar-refractivity contribution in [2.45, 2.75) is 26.2 Å². The van der Waals surface area contributed by atoms with Crippen LogP contribution >= 0.6 is 0 Å². The highest BCUT2D eigenvalue weighted by Crippen LogP contribution is 2.13. The minimum absolute atomic E-state index is 0.210. The molecule has 0 saturated heterocycles. The molecule has 0 aliphatic heterocycles. The summed E-state index contributed by atoms with van der Waals surface area (Å²) in [6.07, 6.45) is 2.22. The Bertz CT molecular complexity index is 671. The van der Waals surface area contributed by atoms with Gasteiger partial charge in [0.15, 0.2) is 0 Å². The minimum Gasteiger partial charge on any atom is -0.494 e. The lowest BCUT2D eigenvalue weighted by Gasteiger charge is -2.09. The van der Waals surface area contributed by atoms with Crippen molar-refractivity contribution in [2.24, 2.45) is 0 Å². The van der Waals surface area contributed by atoms with Gasteiger partial charge in [-0.05, 0) is 30.2 Å². The van der Waals surface area contributed by atoms with Gasteiger partial charge >= 0.3 is 0 Å².